The zero-order chi connectivity index (χ0) is 24.9. The highest BCUT2D eigenvalue weighted by atomic mass is 16.5. The summed E-state index contributed by atoms with van der Waals surface area (Å²) < 4.78 is 5.45. The number of nitrogens with one attached hydrogen (secondary N) is 1. The summed E-state index contributed by atoms with van der Waals surface area (Å²) in [5, 5.41) is 11.6. The molecule has 1 atom stereocenters. The highest BCUT2D eigenvalue weighted by molar-refractivity contribution is 5.94. The highest BCUT2D eigenvalue weighted by Gasteiger charge is 2.49. The quantitative estimate of drug-likeness (QED) is 0.586. The lowest BCUT2D eigenvalue weighted by molar-refractivity contribution is -0.140. The second-order valence-electron chi connectivity index (χ2n) is 10.4. The van der Waals surface area contributed by atoms with Crippen molar-refractivity contribution in [1.82, 2.24) is 19.8 Å². The van der Waals surface area contributed by atoms with Gasteiger partial charge in [-0.3, -0.25) is 14.6 Å². The number of fused-ring (bicyclic) bond motifs is 4. The van der Waals surface area contributed by atoms with Crippen LogP contribution in [0.4, 0.5) is 0 Å². The van der Waals surface area contributed by atoms with Crippen molar-refractivity contribution >= 4 is 22.7 Å². The molecule has 1 saturated carbocycles. The van der Waals surface area contributed by atoms with Gasteiger partial charge in [0.1, 0.15) is 11.4 Å². The Morgan fingerprint density at radius 3 is 2.64 bits per heavy atom. The first kappa shape index (κ1) is 23.0. The molecule has 0 unspecified atom stereocenters. The van der Waals surface area contributed by atoms with Gasteiger partial charge in [0.2, 0.25) is 5.91 Å². The van der Waals surface area contributed by atoms with Crippen molar-refractivity contribution in [3.8, 4) is 5.75 Å². The number of benzene rings is 1. The third-order valence-electron chi connectivity index (χ3n) is 8.55. The third kappa shape index (κ3) is 3.58. The average molecular weight is 489 g/mol. The minimum atomic E-state index is -0.506. The number of hydrogen-bond acceptors (Lipinski definition) is 5. The number of rotatable bonds is 4. The molecule has 4 heterocycles. The van der Waals surface area contributed by atoms with Gasteiger partial charge in [0, 0.05) is 59.8 Å². The summed E-state index contributed by atoms with van der Waals surface area (Å²) in [5.74, 6) is 1.02. The van der Waals surface area contributed by atoms with Crippen LogP contribution in [0.5, 0.6) is 5.75 Å². The van der Waals surface area contributed by atoms with Crippen molar-refractivity contribution in [3.63, 3.8) is 0 Å². The van der Waals surface area contributed by atoms with E-state index >= 15 is 0 Å². The first-order chi connectivity index (χ1) is 17.5. The van der Waals surface area contributed by atoms with Crippen molar-refractivity contribution in [2.75, 3.05) is 33.4 Å². The predicted octanol–water partition coefficient (Wildman–Crippen LogP) is 3.42. The van der Waals surface area contributed by atoms with Crippen LogP contribution < -0.4 is 4.74 Å². The maximum Gasteiger partial charge on any atom is 0.273 e. The van der Waals surface area contributed by atoms with Crippen LogP contribution in [0.3, 0.4) is 0 Å². The molecule has 8 heteroatoms. The molecule has 1 spiro atoms. The van der Waals surface area contributed by atoms with E-state index in [1.54, 1.807) is 36.4 Å². The summed E-state index contributed by atoms with van der Waals surface area (Å²) in [6, 6.07) is 10.8. The molecular weight excluding hydrogens is 456 g/mol. The van der Waals surface area contributed by atoms with Gasteiger partial charge in [-0.1, -0.05) is 12.5 Å². The molecule has 3 aliphatic rings. The molecular formula is C28H32N4O4. The van der Waals surface area contributed by atoms with Gasteiger partial charge in [-0.15, -0.1) is 0 Å². The molecule has 2 N–H and O–H groups in total. The Balaban J connectivity index is 1.43. The molecule has 2 fully saturated rings. The number of aliphatic hydroxyl groups is 1. The maximum absolute atomic E-state index is 13.7. The Hall–Kier alpha value is -3.39. The minimum Gasteiger partial charge on any atom is -0.497 e. The van der Waals surface area contributed by atoms with Crippen LogP contribution in [0.15, 0.2) is 42.6 Å². The van der Waals surface area contributed by atoms with Gasteiger partial charge in [0.25, 0.3) is 5.91 Å². The fraction of sp³-hybridized carbons (Fsp3) is 0.464. The van der Waals surface area contributed by atoms with Gasteiger partial charge in [-0.2, -0.15) is 0 Å². The van der Waals surface area contributed by atoms with Crippen molar-refractivity contribution in [2.45, 2.75) is 43.6 Å². The van der Waals surface area contributed by atoms with Crippen molar-refractivity contribution in [2.24, 2.45) is 5.92 Å². The van der Waals surface area contributed by atoms with Crippen LogP contribution in [0.25, 0.3) is 10.9 Å². The van der Waals surface area contributed by atoms with Gasteiger partial charge in [0.15, 0.2) is 0 Å². The van der Waals surface area contributed by atoms with Crippen LogP contribution in [-0.4, -0.2) is 70.0 Å². The van der Waals surface area contributed by atoms with E-state index in [0.29, 0.717) is 25.3 Å². The topological polar surface area (TPSA) is 98.8 Å². The lowest BCUT2D eigenvalue weighted by Crippen LogP contribution is -2.56. The minimum absolute atomic E-state index is 0.183. The number of carbonyl (C=O) groups is 2. The number of methoxy groups -OCH3 is 1. The standard InChI is InChI=1S/C28H32N4O4/c1-36-19-8-9-20-22(15-19)30-25-23(16-33)32(27(35)21-7-2-3-12-29-21)17-28(24(20)25)10-13-31(14-11-28)26(34)18-5-4-6-18/h2-3,7-9,12,15,18,23,30,33H,4-6,10-11,13-14,16-17H2,1H3/t23-/m1/s1. The molecule has 36 heavy (non-hydrogen) atoms. The Morgan fingerprint density at radius 1 is 1.19 bits per heavy atom. The molecule has 188 valence electrons. The summed E-state index contributed by atoms with van der Waals surface area (Å²) in [5.41, 5.74) is 3.01. The maximum atomic E-state index is 13.7. The van der Waals surface area contributed by atoms with Gasteiger partial charge in [-0.25, -0.2) is 0 Å². The van der Waals surface area contributed by atoms with E-state index in [1.165, 1.54) is 5.56 Å². The van der Waals surface area contributed by atoms with E-state index in [4.69, 9.17) is 4.74 Å². The van der Waals surface area contributed by atoms with Crippen molar-refractivity contribution < 1.29 is 19.4 Å². The number of carbonyl (C=O) groups excluding carboxylic acids is 2. The molecule has 8 nitrogen and oxygen atoms in total. The van der Waals surface area contributed by atoms with Crippen molar-refractivity contribution in [3.05, 3.63) is 59.5 Å². The molecule has 6 rings (SSSR count). The second-order valence-corrected chi connectivity index (χ2v) is 10.4. The highest BCUT2D eigenvalue weighted by Crippen LogP contribution is 2.49. The number of aromatic nitrogens is 2. The molecule has 0 radical (unpaired) electrons. The van der Waals surface area contributed by atoms with Crippen molar-refractivity contribution in [1.29, 1.82) is 0 Å². The number of pyridine rings is 1. The monoisotopic (exact) mass is 488 g/mol. The first-order valence-corrected chi connectivity index (χ1v) is 12.9. The lowest BCUT2D eigenvalue weighted by atomic mass is 9.68. The van der Waals surface area contributed by atoms with Crippen LogP contribution >= 0.6 is 0 Å². The Morgan fingerprint density at radius 2 is 2.00 bits per heavy atom. The van der Waals surface area contributed by atoms with E-state index < -0.39 is 6.04 Å². The molecule has 1 aliphatic carbocycles. The van der Waals surface area contributed by atoms with Crippen LogP contribution in [0.1, 0.15) is 59.9 Å². The number of hydrogen-bond donors (Lipinski definition) is 2. The smallest absolute Gasteiger partial charge is 0.273 e. The third-order valence-corrected chi connectivity index (χ3v) is 8.55. The molecule has 2 aliphatic heterocycles. The van der Waals surface area contributed by atoms with E-state index in [-0.39, 0.29) is 29.8 Å². The number of nitrogens with zero attached hydrogens (tertiary/aromatic N) is 3. The SMILES string of the molecule is COc1ccc2c3c([nH]c2c1)[C@@H](CO)N(C(=O)c1ccccn1)CC31CCN(C(=O)C2CCC2)CC1. The Kier molecular flexibility index (Phi) is 5.71. The number of ether oxygens (including phenoxy) is 1. The number of amides is 2. The Labute approximate surface area is 210 Å². The zero-order valence-electron chi connectivity index (χ0n) is 20.6. The van der Waals surface area contributed by atoms with Crippen LogP contribution in [0, 0.1) is 5.92 Å². The molecule has 2 amide bonds. The summed E-state index contributed by atoms with van der Waals surface area (Å²) >= 11 is 0. The molecule has 1 aromatic carbocycles. The largest absolute Gasteiger partial charge is 0.497 e. The summed E-state index contributed by atoms with van der Waals surface area (Å²) in [7, 11) is 1.64. The fourth-order valence-corrected chi connectivity index (χ4v) is 6.33. The lowest BCUT2D eigenvalue weighted by Gasteiger charge is -2.50. The van der Waals surface area contributed by atoms with E-state index in [9.17, 15) is 14.7 Å². The van der Waals surface area contributed by atoms with Gasteiger partial charge in [0.05, 0.1) is 19.8 Å². The number of aliphatic hydroxyl groups excluding tert-OH is 1. The summed E-state index contributed by atoms with van der Waals surface area (Å²) in [4.78, 5) is 38.3. The normalized spacial score (nSPS) is 21.3. The number of likely N-dealkylation sites (tertiary alicyclic amines) is 1. The summed E-state index contributed by atoms with van der Waals surface area (Å²) in [6.07, 6.45) is 6.29. The first-order valence-electron chi connectivity index (χ1n) is 12.9. The van der Waals surface area contributed by atoms with Gasteiger partial charge in [-0.05, 0) is 55.5 Å². The molecule has 1 saturated heterocycles. The molecule has 2 aromatic heterocycles. The Bertz CT molecular complexity index is 1290. The summed E-state index contributed by atoms with van der Waals surface area (Å²) in [6.45, 7) is 1.63. The number of H-pyrrole nitrogens is 1. The van der Waals surface area contributed by atoms with Gasteiger partial charge >= 0.3 is 0 Å². The van der Waals surface area contributed by atoms with E-state index in [1.807, 2.05) is 17.0 Å². The van der Waals surface area contributed by atoms with E-state index in [2.05, 4.69) is 16.0 Å². The van der Waals surface area contributed by atoms with E-state index in [0.717, 1.165) is 54.5 Å². The fourth-order valence-electron chi connectivity index (χ4n) is 6.33. The number of aromatic amines is 1. The number of piperidine rings is 1. The van der Waals surface area contributed by atoms with Crippen LogP contribution in [-0.2, 0) is 10.2 Å². The average Bonchev–Trinajstić information content (AvgIpc) is 3.27. The predicted molar refractivity (Wildman–Crippen MR) is 135 cm³/mol. The molecule has 3 aromatic rings. The van der Waals surface area contributed by atoms with Gasteiger partial charge < -0.3 is 24.6 Å². The second kappa shape index (κ2) is 8.92. The van der Waals surface area contributed by atoms with Crippen LogP contribution in [0.2, 0.25) is 0 Å². The zero-order valence-corrected chi connectivity index (χ0v) is 20.6. The molecule has 0 bridgehead atoms.